The summed E-state index contributed by atoms with van der Waals surface area (Å²) in [6.45, 7) is 1.90. The molecule has 0 saturated heterocycles. The average molecular weight is 574 g/mol. The predicted octanol–water partition coefficient (Wildman–Crippen LogP) is 6.56. The van der Waals surface area contributed by atoms with Crippen LogP contribution in [0.25, 0.3) is 5.69 Å². The van der Waals surface area contributed by atoms with Gasteiger partial charge in [-0.15, -0.1) is 10.2 Å². The number of hydrogen-bond donors (Lipinski definition) is 1. The molecule has 1 N–H and O–H groups in total. The maximum atomic E-state index is 12.6. The summed E-state index contributed by atoms with van der Waals surface area (Å²) in [7, 11) is 1.61. The van der Waals surface area contributed by atoms with Gasteiger partial charge >= 0.3 is 0 Å². The first-order chi connectivity index (χ1) is 16.9. The topological polar surface area (TPSA) is 78.3 Å². The molecule has 0 saturated carbocycles. The van der Waals surface area contributed by atoms with Crippen LogP contribution < -0.4 is 14.8 Å². The molecule has 0 spiro atoms. The van der Waals surface area contributed by atoms with Gasteiger partial charge in [-0.05, 0) is 65.3 Å². The Morgan fingerprint density at radius 2 is 1.86 bits per heavy atom. The van der Waals surface area contributed by atoms with Gasteiger partial charge in [0, 0.05) is 21.9 Å². The van der Waals surface area contributed by atoms with Gasteiger partial charge in [-0.1, -0.05) is 47.6 Å². The number of amides is 1. The predicted molar refractivity (Wildman–Crippen MR) is 142 cm³/mol. The highest BCUT2D eigenvalue weighted by Crippen LogP contribution is 2.30. The van der Waals surface area contributed by atoms with E-state index in [4.69, 9.17) is 21.1 Å². The number of para-hydroxylation sites is 1. The monoisotopic (exact) mass is 572 g/mol. The Bertz CT molecular complexity index is 1320. The summed E-state index contributed by atoms with van der Waals surface area (Å²) in [5.41, 5.74) is 1.49. The summed E-state index contributed by atoms with van der Waals surface area (Å²) >= 11 is 10.8. The second kappa shape index (κ2) is 11.6. The quantitative estimate of drug-likeness (QED) is 0.228. The maximum absolute atomic E-state index is 12.6. The molecule has 7 nitrogen and oxygen atoms in total. The molecule has 3 aromatic carbocycles. The first-order valence-electron chi connectivity index (χ1n) is 10.6. The standard InChI is InChI=1S/C25H22BrClN4O3S/c1-16(34-20-10-6-9-19(14-20)33-2)24-29-30-25(31(24)18-7-4-3-5-8-18)35-15-23(32)28-17-11-12-21(26)22(27)13-17/h3-14,16H,15H2,1-2H3,(H,28,32). The number of halogens is 2. The Balaban J connectivity index is 1.53. The summed E-state index contributed by atoms with van der Waals surface area (Å²) in [6.07, 6.45) is -0.414. The van der Waals surface area contributed by atoms with Crippen molar-refractivity contribution in [3.63, 3.8) is 0 Å². The number of carbonyl (C=O) groups is 1. The van der Waals surface area contributed by atoms with E-state index in [2.05, 4.69) is 31.4 Å². The number of rotatable bonds is 9. The number of nitrogens with zero attached hydrogens (tertiary/aromatic N) is 3. The molecule has 35 heavy (non-hydrogen) atoms. The highest BCUT2D eigenvalue weighted by atomic mass is 79.9. The van der Waals surface area contributed by atoms with E-state index in [0.717, 1.165) is 10.2 Å². The summed E-state index contributed by atoms with van der Waals surface area (Å²) < 4.78 is 14.1. The molecule has 0 aliphatic carbocycles. The molecular weight excluding hydrogens is 552 g/mol. The van der Waals surface area contributed by atoms with Crippen LogP contribution in [0.5, 0.6) is 11.5 Å². The van der Waals surface area contributed by atoms with E-state index in [-0.39, 0.29) is 11.7 Å². The number of thioether (sulfide) groups is 1. The van der Waals surface area contributed by atoms with Crippen molar-refractivity contribution in [2.75, 3.05) is 18.2 Å². The number of anilines is 1. The average Bonchev–Trinajstić information content (AvgIpc) is 3.30. The Morgan fingerprint density at radius 1 is 1.09 bits per heavy atom. The lowest BCUT2D eigenvalue weighted by atomic mass is 10.3. The number of methoxy groups -OCH3 is 1. The summed E-state index contributed by atoms with van der Waals surface area (Å²) in [5.74, 6) is 1.93. The van der Waals surface area contributed by atoms with Crippen LogP contribution in [-0.2, 0) is 4.79 Å². The van der Waals surface area contributed by atoms with Crippen molar-refractivity contribution in [2.24, 2.45) is 0 Å². The minimum Gasteiger partial charge on any atom is -0.497 e. The molecule has 0 radical (unpaired) electrons. The third-order valence-corrected chi connectivity index (χ3v) is 7.09. The normalized spacial score (nSPS) is 11.7. The molecule has 1 heterocycles. The van der Waals surface area contributed by atoms with Crippen molar-refractivity contribution in [3.8, 4) is 17.2 Å². The van der Waals surface area contributed by atoms with Crippen LogP contribution in [0.15, 0.2) is 82.4 Å². The second-order valence-corrected chi connectivity index (χ2v) is 9.62. The van der Waals surface area contributed by atoms with E-state index in [0.29, 0.717) is 33.2 Å². The van der Waals surface area contributed by atoms with Crippen molar-refractivity contribution in [3.05, 3.63) is 88.1 Å². The first-order valence-corrected chi connectivity index (χ1v) is 12.8. The lowest BCUT2D eigenvalue weighted by Gasteiger charge is -2.17. The summed E-state index contributed by atoms with van der Waals surface area (Å²) in [5, 5.41) is 12.7. The Labute approximate surface area is 220 Å². The molecule has 4 rings (SSSR count). The fraction of sp³-hybridized carbons (Fsp3) is 0.160. The number of hydrogen-bond acceptors (Lipinski definition) is 6. The summed E-state index contributed by atoms with van der Waals surface area (Å²) in [4.78, 5) is 12.6. The third kappa shape index (κ3) is 6.36. The van der Waals surface area contributed by atoms with E-state index >= 15 is 0 Å². The van der Waals surface area contributed by atoms with Gasteiger partial charge in [0.2, 0.25) is 5.91 Å². The number of carbonyl (C=O) groups excluding carboxylic acids is 1. The molecular formula is C25H22BrClN4O3S. The number of aromatic nitrogens is 3. The van der Waals surface area contributed by atoms with E-state index in [1.165, 1.54) is 11.8 Å². The Kier molecular flexibility index (Phi) is 8.33. The second-order valence-electron chi connectivity index (χ2n) is 7.42. The zero-order valence-corrected chi connectivity index (χ0v) is 22.1. The molecule has 1 atom stereocenters. The minimum absolute atomic E-state index is 0.143. The highest BCUT2D eigenvalue weighted by Gasteiger charge is 2.22. The van der Waals surface area contributed by atoms with Gasteiger partial charge in [0.15, 0.2) is 17.1 Å². The molecule has 10 heteroatoms. The van der Waals surface area contributed by atoms with Gasteiger partial charge < -0.3 is 14.8 Å². The van der Waals surface area contributed by atoms with Crippen LogP contribution in [0.2, 0.25) is 5.02 Å². The Hall–Kier alpha value is -3.01. The van der Waals surface area contributed by atoms with Crippen LogP contribution in [0.3, 0.4) is 0 Å². The minimum atomic E-state index is -0.414. The van der Waals surface area contributed by atoms with Gasteiger partial charge in [0.05, 0.1) is 17.9 Å². The van der Waals surface area contributed by atoms with Crippen LogP contribution in [0.4, 0.5) is 5.69 Å². The molecule has 0 aliphatic heterocycles. The van der Waals surface area contributed by atoms with Crippen LogP contribution in [0.1, 0.15) is 18.9 Å². The Morgan fingerprint density at radius 3 is 2.60 bits per heavy atom. The molecule has 0 fully saturated rings. The molecule has 1 unspecified atom stereocenters. The van der Waals surface area contributed by atoms with Crippen LogP contribution in [-0.4, -0.2) is 33.5 Å². The third-order valence-electron chi connectivity index (χ3n) is 4.93. The number of benzene rings is 3. The van der Waals surface area contributed by atoms with Crippen LogP contribution in [0, 0.1) is 0 Å². The lowest BCUT2D eigenvalue weighted by Crippen LogP contribution is -2.15. The van der Waals surface area contributed by atoms with E-state index in [1.54, 1.807) is 25.3 Å². The molecule has 180 valence electrons. The molecule has 1 aromatic heterocycles. The van der Waals surface area contributed by atoms with Gasteiger partial charge in [0.25, 0.3) is 0 Å². The molecule has 0 aliphatic rings. The fourth-order valence-corrected chi connectivity index (χ4v) is 4.48. The highest BCUT2D eigenvalue weighted by molar-refractivity contribution is 9.10. The van der Waals surface area contributed by atoms with Crippen molar-refractivity contribution in [1.82, 2.24) is 14.8 Å². The van der Waals surface area contributed by atoms with Crippen LogP contribution >= 0.6 is 39.3 Å². The number of ether oxygens (including phenoxy) is 2. The van der Waals surface area contributed by atoms with E-state index in [9.17, 15) is 4.79 Å². The molecule has 0 bridgehead atoms. The molecule has 4 aromatic rings. The van der Waals surface area contributed by atoms with E-state index in [1.807, 2.05) is 66.1 Å². The lowest BCUT2D eigenvalue weighted by molar-refractivity contribution is -0.113. The smallest absolute Gasteiger partial charge is 0.234 e. The first kappa shape index (κ1) is 25.1. The maximum Gasteiger partial charge on any atom is 0.234 e. The van der Waals surface area contributed by atoms with Crippen molar-refractivity contribution < 1.29 is 14.3 Å². The molecule has 1 amide bonds. The van der Waals surface area contributed by atoms with Gasteiger partial charge in [0.1, 0.15) is 11.5 Å². The van der Waals surface area contributed by atoms with Crippen molar-refractivity contribution >= 4 is 50.9 Å². The van der Waals surface area contributed by atoms with Gasteiger partial charge in [-0.25, -0.2) is 0 Å². The summed E-state index contributed by atoms with van der Waals surface area (Å²) in [6, 6.07) is 22.4. The largest absolute Gasteiger partial charge is 0.497 e. The zero-order valence-electron chi connectivity index (χ0n) is 18.9. The van der Waals surface area contributed by atoms with Gasteiger partial charge in [-0.2, -0.15) is 0 Å². The SMILES string of the molecule is COc1cccc(OC(C)c2nnc(SCC(=O)Nc3ccc(Br)c(Cl)c3)n2-c2ccccc2)c1. The van der Waals surface area contributed by atoms with Crippen molar-refractivity contribution in [2.45, 2.75) is 18.2 Å². The number of nitrogens with one attached hydrogen (secondary N) is 1. The zero-order chi connectivity index (χ0) is 24.8. The van der Waals surface area contributed by atoms with Gasteiger partial charge in [-0.3, -0.25) is 9.36 Å². The van der Waals surface area contributed by atoms with Crippen molar-refractivity contribution in [1.29, 1.82) is 0 Å². The fourth-order valence-electron chi connectivity index (χ4n) is 3.29. The van der Waals surface area contributed by atoms with E-state index < -0.39 is 6.10 Å².